The van der Waals surface area contributed by atoms with E-state index in [1.807, 2.05) is 37.9 Å². The zero-order chi connectivity index (χ0) is 17.7. The van der Waals surface area contributed by atoms with Crippen LogP contribution in [0.25, 0.3) is 0 Å². The first-order chi connectivity index (χ1) is 11.2. The van der Waals surface area contributed by atoms with Gasteiger partial charge in [-0.05, 0) is 74.6 Å². The Morgan fingerprint density at radius 3 is 2.79 bits per heavy atom. The molecule has 0 unspecified atom stereocenters. The number of ether oxygens (including phenoxy) is 1. The van der Waals surface area contributed by atoms with Crippen molar-refractivity contribution < 1.29 is 9.53 Å². The molecule has 5 nitrogen and oxygen atoms in total. The van der Waals surface area contributed by atoms with Gasteiger partial charge in [-0.25, -0.2) is 9.78 Å². The van der Waals surface area contributed by atoms with Gasteiger partial charge >= 0.3 is 6.09 Å². The van der Waals surface area contributed by atoms with Crippen molar-refractivity contribution in [3.05, 3.63) is 28.5 Å². The van der Waals surface area contributed by atoms with Gasteiger partial charge in [-0.3, -0.25) is 0 Å². The second-order valence-corrected chi connectivity index (χ2v) is 8.32. The molecule has 1 atom stereocenters. The van der Waals surface area contributed by atoms with Gasteiger partial charge in [0.05, 0.1) is 0 Å². The lowest BCUT2D eigenvalue weighted by Gasteiger charge is -2.38. The molecule has 1 aliphatic heterocycles. The van der Waals surface area contributed by atoms with Gasteiger partial charge in [0.15, 0.2) is 0 Å². The largest absolute Gasteiger partial charge is 0.444 e. The highest BCUT2D eigenvalue weighted by Gasteiger charge is 2.31. The van der Waals surface area contributed by atoms with E-state index < -0.39 is 5.60 Å². The van der Waals surface area contributed by atoms with Crippen LogP contribution in [0.3, 0.4) is 0 Å². The molecule has 0 saturated carbocycles. The lowest BCUT2D eigenvalue weighted by atomic mass is 10.0. The maximum Gasteiger partial charge on any atom is 0.410 e. The fraction of sp³-hybridized carbons (Fsp3) is 0.667. The molecule has 6 heteroatoms. The van der Waals surface area contributed by atoms with E-state index in [9.17, 15) is 4.79 Å². The van der Waals surface area contributed by atoms with Gasteiger partial charge in [0.25, 0.3) is 0 Å². The molecule has 0 aliphatic carbocycles. The Morgan fingerprint density at radius 2 is 2.17 bits per heavy atom. The molecule has 1 aliphatic rings. The highest BCUT2D eigenvalue weighted by Crippen LogP contribution is 2.21. The number of hydrogen-bond acceptors (Lipinski definition) is 4. The lowest BCUT2D eigenvalue weighted by Crippen LogP contribution is -2.50. The lowest BCUT2D eigenvalue weighted by molar-refractivity contribution is 0.00586. The summed E-state index contributed by atoms with van der Waals surface area (Å²) in [6, 6.07) is 4.23. The van der Waals surface area contributed by atoms with Gasteiger partial charge in [-0.2, -0.15) is 0 Å². The Labute approximate surface area is 153 Å². The van der Waals surface area contributed by atoms with Crippen LogP contribution in [0, 0.1) is 0 Å². The summed E-state index contributed by atoms with van der Waals surface area (Å²) in [5.41, 5.74) is 0.717. The molecule has 134 valence electrons. The third kappa shape index (κ3) is 6.06. The molecular formula is C18H28BrN3O2. The van der Waals surface area contributed by atoms with Crippen molar-refractivity contribution in [1.82, 2.24) is 14.8 Å². The molecule has 1 saturated heterocycles. The molecule has 0 bridgehead atoms. The number of pyridine rings is 1. The molecule has 1 fully saturated rings. The first-order valence-corrected chi connectivity index (χ1v) is 9.32. The average Bonchev–Trinajstić information content (AvgIpc) is 2.48. The van der Waals surface area contributed by atoms with Crippen LogP contribution in [0.2, 0.25) is 0 Å². The second-order valence-electron chi connectivity index (χ2n) is 7.51. The highest BCUT2D eigenvalue weighted by atomic mass is 79.9. The Bertz CT molecular complexity index is 542. The maximum atomic E-state index is 12.5. The zero-order valence-electron chi connectivity index (χ0n) is 15.1. The molecule has 0 radical (unpaired) electrons. The summed E-state index contributed by atoms with van der Waals surface area (Å²) in [4.78, 5) is 20.9. The van der Waals surface area contributed by atoms with E-state index in [1.165, 1.54) is 5.56 Å². The number of halogens is 1. The Kier molecular flexibility index (Phi) is 6.63. The normalized spacial score (nSPS) is 18.8. The smallest absolute Gasteiger partial charge is 0.410 e. The van der Waals surface area contributed by atoms with Crippen molar-refractivity contribution in [2.75, 3.05) is 20.1 Å². The third-order valence-corrected chi connectivity index (χ3v) is 4.49. The van der Waals surface area contributed by atoms with Crippen molar-refractivity contribution in [3.63, 3.8) is 0 Å². The number of amides is 1. The van der Waals surface area contributed by atoms with E-state index in [-0.39, 0.29) is 12.1 Å². The molecule has 2 rings (SSSR count). The summed E-state index contributed by atoms with van der Waals surface area (Å²) in [6.07, 6.45) is 4.94. The molecule has 0 aromatic carbocycles. The van der Waals surface area contributed by atoms with Crippen molar-refractivity contribution >= 4 is 22.0 Å². The third-order valence-electron chi connectivity index (χ3n) is 4.02. The van der Waals surface area contributed by atoms with Crippen molar-refractivity contribution in [3.8, 4) is 0 Å². The van der Waals surface area contributed by atoms with Gasteiger partial charge in [0, 0.05) is 31.9 Å². The molecular weight excluding hydrogens is 370 g/mol. The van der Waals surface area contributed by atoms with Crippen LogP contribution in [-0.4, -0.2) is 52.7 Å². The zero-order valence-corrected chi connectivity index (χ0v) is 16.7. The second kappa shape index (κ2) is 8.30. The van der Waals surface area contributed by atoms with E-state index in [0.29, 0.717) is 0 Å². The highest BCUT2D eigenvalue weighted by molar-refractivity contribution is 9.10. The molecule has 1 aromatic heterocycles. The van der Waals surface area contributed by atoms with Crippen LogP contribution in [-0.2, 0) is 11.3 Å². The van der Waals surface area contributed by atoms with Gasteiger partial charge in [-0.1, -0.05) is 6.07 Å². The Hall–Kier alpha value is -1.14. The molecule has 0 spiro atoms. The Morgan fingerprint density at radius 1 is 1.42 bits per heavy atom. The van der Waals surface area contributed by atoms with Crippen molar-refractivity contribution in [1.29, 1.82) is 0 Å². The monoisotopic (exact) mass is 397 g/mol. The molecule has 2 heterocycles. The number of carbonyl (C=O) groups excluding carboxylic acids is 1. The summed E-state index contributed by atoms with van der Waals surface area (Å²) in [6.45, 7) is 8.19. The topological polar surface area (TPSA) is 45.7 Å². The maximum absolute atomic E-state index is 12.5. The number of nitrogens with zero attached hydrogens (tertiary/aromatic N) is 3. The van der Waals surface area contributed by atoms with Crippen LogP contribution in [0.4, 0.5) is 4.79 Å². The van der Waals surface area contributed by atoms with Crippen molar-refractivity contribution in [2.24, 2.45) is 0 Å². The number of likely N-dealkylation sites (N-methyl/N-ethyl adjacent to an activating group) is 1. The summed E-state index contributed by atoms with van der Waals surface area (Å²) >= 11 is 3.36. The first-order valence-electron chi connectivity index (χ1n) is 8.53. The van der Waals surface area contributed by atoms with E-state index in [4.69, 9.17) is 4.74 Å². The van der Waals surface area contributed by atoms with Crippen molar-refractivity contribution in [2.45, 2.75) is 58.2 Å². The predicted octanol–water partition coefficient (Wildman–Crippen LogP) is 4.07. The summed E-state index contributed by atoms with van der Waals surface area (Å²) in [5, 5.41) is 0. The number of likely N-dealkylation sites (tertiary alicyclic amines) is 1. The van der Waals surface area contributed by atoms with Crippen LogP contribution in [0.5, 0.6) is 0 Å². The number of piperidine rings is 1. The predicted molar refractivity (Wildman–Crippen MR) is 98.9 cm³/mol. The fourth-order valence-electron chi connectivity index (χ4n) is 2.99. The molecule has 1 aromatic rings. The molecule has 24 heavy (non-hydrogen) atoms. The summed E-state index contributed by atoms with van der Waals surface area (Å²) in [7, 11) is 2.09. The van der Waals surface area contributed by atoms with Crippen LogP contribution < -0.4 is 0 Å². The minimum absolute atomic E-state index is 0.189. The van der Waals surface area contributed by atoms with Gasteiger partial charge < -0.3 is 14.5 Å². The first kappa shape index (κ1) is 19.2. The van der Waals surface area contributed by atoms with E-state index in [0.717, 1.165) is 43.5 Å². The SMILES string of the molecule is CN(Cc1ccc(Br)nc1)C[C@H]1CCCCN1C(=O)OC(C)(C)C. The van der Waals surface area contributed by atoms with E-state index in [2.05, 4.69) is 38.9 Å². The summed E-state index contributed by atoms with van der Waals surface area (Å²) < 4.78 is 6.42. The van der Waals surface area contributed by atoms with Gasteiger partial charge in [0.1, 0.15) is 10.2 Å². The fourth-order valence-corrected chi connectivity index (χ4v) is 3.22. The molecule has 0 N–H and O–H groups in total. The van der Waals surface area contributed by atoms with Gasteiger partial charge in [0.2, 0.25) is 0 Å². The number of rotatable bonds is 4. The van der Waals surface area contributed by atoms with Gasteiger partial charge in [-0.15, -0.1) is 0 Å². The number of aromatic nitrogens is 1. The van der Waals surface area contributed by atoms with Crippen LogP contribution in [0.1, 0.15) is 45.6 Å². The van der Waals surface area contributed by atoms with Crippen LogP contribution >= 0.6 is 15.9 Å². The standard InChI is InChI=1S/C18H28BrN3O2/c1-18(2,3)24-17(23)22-10-6-5-7-15(22)13-21(4)12-14-8-9-16(19)20-11-14/h8-9,11,15H,5-7,10,12-13H2,1-4H3/t15-/m1/s1. The quantitative estimate of drug-likeness (QED) is 0.718. The van der Waals surface area contributed by atoms with E-state index in [1.54, 1.807) is 0 Å². The van der Waals surface area contributed by atoms with Crippen LogP contribution in [0.15, 0.2) is 22.9 Å². The minimum Gasteiger partial charge on any atom is -0.444 e. The summed E-state index contributed by atoms with van der Waals surface area (Å²) in [5.74, 6) is 0. The minimum atomic E-state index is -0.450. The Balaban J connectivity index is 1.94. The molecule has 1 amide bonds. The number of hydrogen-bond donors (Lipinski definition) is 0. The average molecular weight is 398 g/mol. The number of carbonyl (C=O) groups is 1. The van der Waals surface area contributed by atoms with E-state index >= 15 is 0 Å².